The van der Waals surface area contributed by atoms with E-state index in [0.29, 0.717) is 74.7 Å². The molecule has 0 spiro atoms. The lowest BCUT2D eigenvalue weighted by atomic mass is 9.76. The monoisotopic (exact) mass is 941 g/mol. The van der Waals surface area contributed by atoms with E-state index in [-0.39, 0.29) is 34.3 Å². The van der Waals surface area contributed by atoms with E-state index in [1.165, 1.54) is 18.6 Å². The van der Waals surface area contributed by atoms with E-state index in [4.69, 9.17) is 17.6 Å². The molecule has 0 bridgehead atoms. The van der Waals surface area contributed by atoms with E-state index in [2.05, 4.69) is 82.3 Å². The van der Waals surface area contributed by atoms with Crippen molar-refractivity contribution in [3.05, 3.63) is 106 Å². The van der Waals surface area contributed by atoms with E-state index < -0.39 is 26.1 Å². The minimum Gasteiger partial charge on any atom is -0.385 e. The second kappa shape index (κ2) is 19.8. The third kappa shape index (κ3) is 11.0. The molecule has 4 heterocycles. The van der Waals surface area contributed by atoms with Gasteiger partial charge < -0.3 is 35.3 Å². The number of hydrogen-bond donors (Lipinski definition) is 5. The number of terminal acetylenes is 2. The zero-order valence-corrected chi connectivity index (χ0v) is 40.8. The molecule has 2 fully saturated rings. The van der Waals surface area contributed by atoms with Crippen molar-refractivity contribution in [2.24, 2.45) is 10.8 Å². The van der Waals surface area contributed by atoms with E-state index in [0.717, 1.165) is 71.9 Å². The highest BCUT2D eigenvalue weighted by Crippen LogP contribution is 2.46. The van der Waals surface area contributed by atoms with Crippen molar-refractivity contribution < 1.29 is 32.6 Å². The molecule has 2 saturated heterocycles. The van der Waals surface area contributed by atoms with Crippen LogP contribution in [0.5, 0.6) is 0 Å². The molecule has 358 valence electrons. The number of H-pyrrole nitrogens is 2. The highest BCUT2D eigenvalue weighted by Gasteiger charge is 2.44. The van der Waals surface area contributed by atoms with Gasteiger partial charge in [0.1, 0.15) is 16.1 Å². The Hall–Kier alpha value is -6.26. The van der Waals surface area contributed by atoms with E-state index in [1.807, 2.05) is 30.3 Å². The van der Waals surface area contributed by atoms with Gasteiger partial charge in [0, 0.05) is 62.0 Å². The molecule has 68 heavy (non-hydrogen) atoms. The summed E-state index contributed by atoms with van der Waals surface area (Å²) in [4.78, 5) is 53.0. The Balaban J connectivity index is 0.000000201. The third-order valence-electron chi connectivity index (χ3n) is 14.2. The van der Waals surface area contributed by atoms with Gasteiger partial charge in [-0.2, -0.15) is 0 Å². The smallest absolute Gasteiger partial charge is 0.291 e. The zero-order chi connectivity index (χ0) is 49.1. The van der Waals surface area contributed by atoms with Gasteiger partial charge in [0.15, 0.2) is 21.5 Å². The van der Waals surface area contributed by atoms with Crippen molar-refractivity contribution in [2.45, 2.75) is 109 Å². The maximum atomic E-state index is 13.0. The lowest BCUT2D eigenvalue weighted by molar-refractivity contribution is -0.133. The van der Waals surface area contributed by atoms with Crippen molar-refractivity contribution in [1.29, 1.82) is 0 Å². The van der Waals surface area contributed by atoms with Crippen LogP contribution >= 0.6 is 0 Å². The molecule has 4 aromatic rings. The zero-order valence-electron chi connectivity index (χ0n) is 40.0. The van der Waals surface area contributed by atoms with Gasteiger partial charge in [0.25, 0.3) is 11.8 Å². The Morgan fingerprint density at radius 3 is 1.59 bits per heavy atom. The van der Waals surface area contributed by atoms with Gasteiger partial charge in [-0.1, -0.05) is 63.8 Å². The number of nitrogens with one attached hydrogen (secondary N) is 4. The number of imidazole rings is 2. The van der Waals surface area contributed by atoms with E-state index in [9.17, 15) is 27.9 Å². The van der Waals surface area contributed by atoms with Crippen LogP contribution in [0.3, 0.4) is 0 Å². The van der Waals surface area contributed by atoms with Gasteiger partial charge in [-0.05, 0) is 122 Å². The van der Waals surface area contributed by atoms with Crippen molar-refractivity contribution in [3.63, 3.8) is 0 Å². The summed E-state index contributed by atoms with van der Waals surface area (Å²) in [5.74, 6) is 4.38. The van der Waals surface area contributed by atoms with Crippen molar-refractivity contribution in [2.75, 3.05) is 43.2 Å². The van der Waals surface area contributed by atoms with Crippen LogP contribution in [-0.2, 0) is 29.7 Å². The summed E-state index contributed by atoms with van der Waals surface area (Å²) in [6, 6.07) is 11.3. The van der Waals surface area contributed by atoms with E-state index >= 15 is 0 Å². The number of piperidine rings is 1. The minimum absolute atomic E-state index is 0.0293. The predicted molar refractivity (Wildman–Crippen MR) is 265 cm³/mol. The number of amides is 3. The number of sulfone groups is 1. The number of allylic oxidation sites excluding steroid dienone is 4. The number of anilines is 2. The second-order valence-electron chi connectivity index (χ2n) is 20.1. The van der Waals surface area contributed by atoms with Crippen molar-refractivity contribution in [1.82, 2.24) is 24.8 Å². The third-order valence-corrected chi connectivity index (χ3v) is 16.2. The molecular formula is C53H63N7O7S. The Morgan fingerprint density at radius 2 is 1.19 bits per heavy atom. The van der Waals surface area contributed by atoms with Gasteiger partial charge in [-0.3, -0.25) is 14.4 Å². The summed E-state index contributed by atoms with van der Waals surface area (Å²) in [5, 5.41) is 17.4. The molecule has 5 N–H and O–H groups in total. The largest absolute Gasteiger partial charge is 0.385 e. The molecule has 0 atom stereocenters. The number of hydrogen-bond acceptors (Lipinski definition) is 9. The lowest BCUT2D eigenvalue weighted by Gasteiger charge is -2.38. The number of ether oxygens (including phenoxy) is 1. The summed E-state index contributed by atoms with van der Waals surface area (Å²) in [6.07, 6.45) is 26.8. The Kier molecular flexibility index (Phi) is 14.4. The summed E-state index contributed by atoms with van der Waals surface area (Å²) in [6.45, 7) is 12.4. The first-order valence-electron chi connectivity index (χ1n) is 23.2. The first-order chi connectivity index (χ1) is 32.1. The number of rotatable bonds is 9. The topological polar surface area (TPSA) is 199 Å². The van der Waals surface area contributed by atoms with Crippen LogP contribution in [-0.4, -0.2) is 88.6 Å². The fourth-order valence-corrected chi connectivity index (χ4v) is 11.0. The van der Waals surface area contributed by atoms with Crippen molar-refractivity contribution >= 4 is 50.1 Å². The number of carbonyl (C=O) groups excluding carboxylic acids is 3. The van der Waals surface area contributed by atoms with Crippen LogP contribution in [0, 0.1) is 35.5 Å². The first-order valence-corrected chi connectivity index (χ1v) is 25.1. The van der Waals surface area contributed by atoms with Crippen LogP contribution in [0.2, 0.25) is 0 Å². The number of aliphatic hydroxyl groups is 1. The summed E-state index contributed by atoms with van der Waals surface area (Å²) < 4.78 is 30.5. The maximum Gasteiger partial charge on any atom is 0.291 e. The SMILES string of the molecule is C#Cc1cnc(C(=O)Nc2ccc(C3(O)CCN(C(C)=O)CC3)cc2C2=CCC(C)(C)CC2)[nH]1.C#Cc1cnc(C(=O)Nc2ccc(C3(S(C)(=O)=O)CCOCC3)cc2C2=CCC(C)(C)CC2)[nH]1. The maximum absolute atomic E-state index is 13.0. The molecule has 15 heteroatoms. The predicted octanol–water partition coefficient (Wildman–Crippen LogP) is 8.35. The molecular weight excluding hydrogens is 879 g/mol. The van der Waals surface area contributed by atoms with Gasteiger partial charge >= 0.3 is 0 Å². The highest BCUT2D eigenvalue weighted by molar-refractivity contribution is 7.91. The molecule has 4 aliphatic rings. The minimum atomic E-state index is -3.41. The average molecular weight is 942 g/mol. The van der Waals surface area contributed by atoms with Gasteiger partial charge in [-0.15, -0.1) is 12.8 Å². The first kappa shape index (κ1) is 49.6. The lowest BCUT2D eigenvalue weighted by Crippen LogP contribution is -2.44. The van der Waals surface area contributed by atoms with Gasteiger partial charge in [0.05, 0.1) is 18.0 Å². The molecule has 14 nitrogen and oxygen atoms in total. The molecule has 0 radical (unpaired) electrons. The molecule has 2 aliphatic carbocycles. The van der Waals surface area contributed by atoms with Crippen LogP contribution in [0.4, 0.5) is 11.4 Å². The molecule has 2 aliphatic heterocycles. The average Bonchev–Trinajstić information content (AvgIpc) is 4.01. The number of benzene rings is 2. The number of aromatic nitrogens is 4. The number of likely N-dealkylation sites (tertiary alicyclic amines) is 1. The second-order valence-corrected chi connectivity index (χ2v) is 22.4. The fraction of sp³-hybridized carbons (Fsp3) is 0.453. The van der Waals surface area contributed by atoms with Gasteiger partial charge in [0.2, 0.25) is 5.91 Å². The molecule has 8 rings (SSSR count). The van der Waals surface area contributed by atoms with Crippen LogP contribution in [0.25, 0.3) is 11.1 Å². The summed E-state index contributed by atoms with van der Waals surface area (Å²) >= 11 is 0. The Bertz CT molecular complexity index is 2840. The molecule has 3 amide bonds. The number of aromatic amines is 2. The molecule has 0 saturated carbocycles. The van der Waals surface area contributed by atoms with Crippen LogP contribution < -0.4 is 10.6 Å². The molecule has 2 aromatic carbocycles. The molecule has 2 aromatic heterocycles. The Morgan fingerprint density at radius 1 is 0.735 bits per heavy atom. The van der Waals surface area contributed by atoms with E-state index in [1.54, 1.807) is 17.9 Å². The normalized spacial score (nSPS) is 19.4. The number of nitrogens with zero attached hydrogens (tertiary/aromatic N) is 3. The molecule has 0 unspecified atom stereocenters. The Labute approximate surface area is 400 Å². The highest BCUT2D eigenvalue weighted by atomic mass is 32.2. The van der Waals surface area contributed by atoms with Crippen LogP contribution in [0.15, 0.2) is 60.9 Å². The van der Waals surface area contributed by atoms with Crippen LogP contribution in [0.1, 0.15) is 154 Å². The summed E-state index contributed by atoms with van der Waals surface area (Å²) in [5.41, 5.74) is 7.16. The fourth-order valence-electron chi connectivity index (χ4n) is 9.49. The number of carbonyl (C=O) groups is 3. The standard InChI is InChI=1S/C27H32N4O3.C26H31N3O4S/c1-5-21-17-28-24(29-21)25(33)30-23-7-6-20(27(34)12-14-31(15-13-27)18(2)32)16-22(23)19-8-10-26(3,4)11-9-19;1-5-20-17-27-23(28-20)24(30)29-22-7-6-19(26(34(4,31)32)12-14-33-15-13-26)16-21(22)18-8-10-25(2,3)11-9-18/h1,6-8,16-17,34H,9-15H2,2-4H3,(H,28,29)(H,30,33);1,6-8,16-17H,9-15H2,2-4H3,(H,27,28)(H,29,30). The van der Waals surface area contributed by atoms with Gasteiger partial charge in [-0.25, -0.2) is 18.4 Å². The quantitative estimate of drug-likeness (QED) is 0.102. The summed E-state index contributed by atoms with van der Waals surface area (Å²) in [7, 11) is -3.41. The van der Waals surface area contributed by atoms with Crippen molar-refractivity contribution in [3.8, 4) is 24.7 Å².